The Hall–Kier alpha value is -1.68. The van der Waals surface area contributed by atoms with Crippen molar-refractivity contribution in [1.29, 1.82) is 0 Å². The van der Waals surface area contributed by atoms with Crippen molar-refractivity contribution in [3.8, 4) is 0 Å². The van der Waals surface area contributed by atoms with E-state index in [-0.39, 0.29) is 17.7 Å². The van der Waals surface area contributed by atoms with Crippen molar-refractivity contribution < 1.29 is 14.3 Å². The Bertz CT molecular complexity index is 509. The number of carbonyl (C=O) groups excluding carboxylic acids is 2. The molecule has 0 bridgehead atoms. The average molecular weight is 259 g/mol. The normalized spacial score (nSPS) is 28.4. The summed E-state index contributed by atoms with van der Waals surface area (Å²) in [5, 5.41) is 3.05. The molecule has 1 saturated heterocycles. The fraction of sp³-hybridized carbons (Fsp3) is 0.467. The molecule has 100 valence electrons. The molecule has 19 heavy (non-hydrogen) atoms. The van der Waals surface area contributed by atoms with Gasteiger partial charge in [-0.05, 0) is 31.9 Å². The van der Waals surface area contributed by atoms with E-state index in [0.29, 0.717) is 23.1 Å². The minimum absolute atomic E-state index is 0.0110. The van der Waals surface area contributed by atoms with Crippen LogP contribution in [0, 0.1) is 5.92 Å². The Kier molecular flexibility index (Phi) is 3.11. The molecule has 1 heterocycles. The summed E-state index contributed by atoms with van der Waals surface area (Å²) in [5.41, 5.74) is 1.23. The number of amides is 1. The highest BCUT2D eigenvalue weighted by Gasteiger charge is 2.45. The summed E-state index contributed by atoms with van der Waals surface area (Å²) < 4.78 is 5.52. The molecule has 4 heteroatoms. The molecule has 3 atom stereocenters. The molecule has 1 N–H and O–H groups in total. The van der Waals surface area contributed by atoms with Crippen LogP contribution in [0.2, 0.25) is 0 Å². The highest BCUT2D eigenvalue weighted by molar-refractivity contribution is 5.97. The summed E-state index contributed by atoms with van der Waals surface area (Å²) in [4.78, 5) is 23.3. The van der Waals surface area contributed by atoms with Crippen LogP contribution >= 0.6 is 0 Å². The van der Waals surface area contributed by atoms with Gasteiger partial charge in [0.15, 0.2) is 5.78 Å². The third-order valence-corrected chi connectivity index (χ3v) is 4.13. The molecule has 3 rings (SSSR count). The van der Waals surface area contributed by atoms with Gasteiger partial charge in [-0.1, -0.05) is 12.1 Å². The summed E-state index contributed by atoms with van der Waals surface area (Å²) in [6.45, 7) is 2.33. The Labute approximate surface area is 112 Å². The first-order valence-corrected chi connectivity index (χ1v) is 6.68. The molecule has 1 aliphatic heterocycles. The first kappa shape index (κ1) is 12.4. The minimum atomic E-state index is -0.0644. The molecule has 0 radical (unpaired) electrons. The molecule has 0 aromatic heterocycles. The maximum Gasteiger partial charge on any atom is 0.251 e. The SMILES string of the molecule is CC(=O)c1ccc(C(=O)N[C@H]2C[C@@H]3OCC[C@H]23)cc1. The van der Waals surface area contributed by atoms with Crippen LogP contribution in [0.5, 0.6) is 0 Å². The van der Waals surface area contributed by atoms with Gasteiger partial charge in [-0.25, -0.2) is 0 Å². The third kappa shape index (κ3) is 2.28. The smallest absolute Gasteiger partial charge is 0.251 e. The fourth-order valence-corrected chi connectivity index (χ4v) is 2.87. The summed E-state index contributed by atoms with van der Waals surface area (Å²) in [6, 6.07) is 7.03. The van der Waals surface area contributed by atoms with Crippen molar-refractivity contribution in [3.05, 3.63) is 35.4 Å². The second-order valence-corrected chi connectivity index (χ2v) is 5.31. The maximum atomic E-state index is 12.1. The van der Waals surface area contributed by atoms with Crippen LogP contribution in [0.1, 0.15) is 40.5 Å². The summed E-state index contributed by atoms with van der Waals surface area (Å²) in [5.74, 6) is 0.433. The van der Waals surface area contributed by atoms with Crippen molar-refractivity contribution in [1.82, 2.24) is 5.32 Å². The van der Waals surface area contributed by atoms with Crippen LogP contribution in [0.15, 0.2) is 24.3 Å². The van der Waals surface area contributed by atoms with Crippen molar-refractivity contribution in [2.45, 2.75) is 31.9 Å². The molecule has 1 aromatic carbocycles. The molecular formula is C15H17NO3. The van der Waals surface area contributed by atoms with Gasteiger partial charge in [0.25, 0.3) is 5.91 Å². The lowest BCUT2D eigenvalue weighted by Gasteiger charge is -2.39. The molecule has 2 fully saturated rings. The van der Waals surface area contributed by atoms with Gasteiger partial charge in [0.1, 0.15) is 0 Å². The number of Topliss-reactive ketones (excluding diaryl/α,β-unsaturated/α-hetero) is 1. The second-order valence-electron chi connectivity index (χ2n) is 5.31. The predicted octanol–water partition coefficient (Wildman–Crippen LogP) is 1.80. The molecule has 1 aliphatic carbocycles. The van der Waals surface area contributed by atoms with Crippen molar-refractivity contribution in [2.24, 2.45) is 5.92 Å². The first-order chi connectivity index (χ1) is 9.15. The van der Waals surface area contributed by atoms with Crippen LogP contribution in [0.4, 0.5) is 0 Å². The van der Waals surface area contributed by atoms with Gasteiger partial charge >= 0.3 is 0 Å². The summed E-state index contributed by atoms with van der Waals surface area (Å²) >= 11 is 0. The molecule has 0 spiro atoms. The van der Waals surface area contributed by atoms with Crippen LogP contribution in [0.3, 0.4) is 0 Å². The Balaban J connectivity index is 1.62. The zero-order chi connectivity index (χ0) is 13.4. The molecule has 1 amide bonds. The second kappa shape index (κ2) is 4.78. The number of hydrogen-bond donors (Lipinski definition) is 1. The van der Waals surface area contributed by atoms with Gasteiger partial charge in [-0.3, -0.25) is 9.59 Å². The quantitative estimate of drug-likeness (QED) is 0.842. The topological polar surface area (TPSA) is 55.4 Å². The highest BCUT2D eigenvalue weighted by Crippen LogP contribution is 2.38. The zero-order valence-electron chi connectivity index (χ0n) is 10.9. The van der Waals surface area contributed by atoms with E-state index in [4.69, 9.17) is 4.74 Å². The number of carbonyl (C=O) groups is 2. The van der Waals surface area contributed by atoms with E-state index in [2.05, 4.69) is 5.32 Å². The van der Waals surface area contributed by atoms with E-state index in [1.165, 1.54) is 6.92 Å². The lowest BCUT2D eigenvalue weighted by molar-refractivity contribution is 0.00809. The highest BCUT2D eigenvalue weighted by atomic mass is 16.5. The lowest BCUT2D eigenvalue weighted by atomic mass is 9.76. The monoisotopic (exact) mass is 259 g/mol. The zero-order valence-corrected chi connectivity index (χ0v) is 10.9. The summed E-state index contributed by atoms with van der Waals surface area (Å²) in [6.07, 6.45) is 2.31. The van der Waals surface area contributed by atoms with E-state index in [0.717, 1.165) is 19.4 Å². The van der Waals surface area contributed by atoms with Gasteiger partial charge < -0.3 is 10.1 Å². The van der Waals surface area contributed by atoms with E-state index in [1.807, 2.05) is 0 Å². The van der Waals surface area contributed by atoms with Crippen molar-refractivity contribution in [3.63, 3.8) is 0 Å². The number of benzene rings is 1. The number of ether oxygens (including phenoxy) is 1. The van der Waals surface area contributed by atoms with Crippen molar-refractivity contribution >= 4 is 11.7 Å². The first-order valence-electron chi connectivity index (χ1n) is 6.68. The van der Waals surface area contributed by atoms with Gasteiger partial charge in [-0.2, -0.15) is 0 Å². The minimum Gasteiger partial charge on any atom is -0.378 e. The number of rotatable bonds is 3. The van der Waals surface area contributed by atoms with Gasteiger partial charge in [0, 0.05) is 29.7 Å². The van der Waals surface area contributed by atoms with Gasteiger partial charge in [0.2, 0.25) is 0 Å². The lowest BCUT2D eigenvalue weighted by Crippen LogP contribution is -2.53. The average Bonchev–Trinajstić information content (AvgIpc) is 2.77. The molecule has 2 aliphatic rings. The van der Waals surface area contributed by atoms with E-state index in [9.17, 15) is 9.59 Å². The largest absolute Gasteiger partial charge is 0.378 e. The molecule has 4 nitrogen and oxygen atoms in total. The molecule has 0 unspecified atom stereocenters. The van der Waals surface area contributed by atoms with E-state index >= 15 is 0 Å². The Morgan fingerprint density at radius 2 is 1.89 bits per heavy atom. The Morgan fingerprint density at radius 3 is 2.53 bits per heavy atom. The fourth-order valence-electron chi connectivity index (χ4n) is 2.87. The number of ketones is 1. The third-order valence-electron chi connectivity index (χ3n) is 4.13. The predicted molar refractivity (Wildman–Crippen MR) is 70.2 cm³/mol. The molecule has 1 aromatic rings. The maximum absolute atomic E-state index is 12.1. The number of fused-ring (bicyclic) bond motifs is 1. The number of nitrogens with one attached hydrogen (secondary N) is 1. The number of hydrogen-bond acceptors (Lipinski definition) is 3. The van der Waals surface area contributed by atoms with Gasteiger partial charge in [0.05, 0.1) is 6.10 Å². The van der Waals surface area contributed by atoms with Gasteiger partial charge in [-0.15, -0.1) is 0 Å². The molecule has 1 saturated carbocycles. The standard InChI is InChI=1S/C15H17NO3/c1-9(17)10-2-4-11(5-3-10)15(18)16-13-8-14-12(13)6-7-19-14/h2-5,12-14H,6-8H2,1H3,(H,16,18)/t12-,13+,14+/m1/s1. The molecular weight excluding hydrogens is 242 g/mol. The van der Waals surface area contributed by atoms with Crippen molar-refractivity contribution in [2.75, 3.05) is 6.61 Å². The van der Waals surface area contributed by atoms with Crippen LogP contribution < -0.4 is 5.32 Å². The van der Waals surface area contributed by atoms with Crippen LogP contribution in [-0.2, 0) is 4.74 Å². The Morgan fingerprint density at radius 1 is 1.21 bits per heavy atom. The summed E-state index contributed by atoms with van der Waals surface area (Å²) in [7, 11) is 0. The van der Waals surface area contributed by atoms with Crippen LogP contribution in [0.25, 0.3) is 0 Å². The van der Waals surface area contributed by atoms with Crippen LogP contribution in [-0.4, -0.2) is 30.4 Å². The van der Waals surface area contributed by atoms with E-state index < -0.39 is 0 Å². The van der Waals surface area contributed by atoms with E-state index in [1.54, 1.807) is 24.3 Å².